The summed E-state index contributed by atoms with van der Waals surface area (Å²) in [6.07, 6.45) is 2.20. The number of aliphatic hydroxyl groups excluding tert-OH is 1. The number of aliphatic hydroxyl groups is 1. The summed E-state index contributed by atoms with van der Waals surface area (Å²) in [5.41, 5.74) is 0. The Morgan fingerprint density at radius 3 is 2.33 bits per heavy atom. The molecule has 1 N–H and O–H groups in total. The molecule has 0 aromatic rings. The Morgan fingerprint density at radius 1 is 1.17 bits per heavy atom. The molecule has 4 heteroatoms. The Balaban J connectivity index is 2.19. The molecule has 1 atom stereocenters. The van der Waals surface area contributed by atoms with Gasteiger partial charge in [0.1, 0.15) is 0 Å². The van der Waals surface area contributed by atoms with Gasteiger partial charge in [0, 0.05) is 32.7 Å². The van der Waals surface area contributed by atoms with Gasteiger partial charge < -0.3 is 14.7 Å². The maximum atomic E-state index is 10.1. The molecule has 1 aliphatic rings. The summed E-state index contributed by atoms with van der Waals surface area (Å²) in [4.78, 5) is 4.56. The molecule has 1 heterocycles. The van der Waals surface area contributed by atoms with Gasteiger partial charge in [-0.15, -0.1) is 0 Å². The molecule has 1 fully saturated rings. The van der Waals surface area contributed by atoms with Crippen LogP contribution in [0.15, 0.2) is 0 Å². The molecule has 1 unspecified atom stereocenters. The van der Waals surface area contributed by atoms with Gasteiger partial charge in [0.05, 0.1) is 19.3 Å². The van der Waals surface area contributed by atoms with E-state index in [-0.39, 0.29) is 6.10 Å². The maximum Gasteiger partial charge on any atom is 0.0793 e. The van der Waals surface area contributed by atoms with Gasteiger partial charge in [-0.25, -0.2) is 0 Å². The van der Waals surface area contributed by atoms with Crippen LogP contribution >= 0.6 is 0 Å². The predicted octanol–water partition coefficient (Wildman–Crippen LogP) is 1.05. The van der Waals surface area contributed by atoms with Crippen molar-refractivity contribution < 1.29 is 9.84 Å². The van der Waals surface area contributed by atoms with Crippen molar-refractivity contribution in [2.24, 2.45) is 5.92 Å². The Labute approximate surface area is 112 Å². The van der Waals surface area contributed by atoms with E-state index in [1.54, 1.807) is 0 Å². The fraction of sp³-hybridized carbons (Fsp3) is 1.00. The van der Waals surface area contributed by atoms with Crippen LogP contribution in [0.4, 0.5) is 0 Å². The molecule has 18 heavy (non-hydrogen) atoms. The van der Waals surface area contributed by atoms with Crippen molar-refractivity contribution in [3.8, 4) is 0 Å². The van der Waals surface area contributed by atoms with Gasteiger partial charge in [-0.3, -0.25) is 4.90 Å². The molecule has 0 aromatic carbocycles. The number of hydrogen-bond acceptors (Lipinski definition) is 4. The third kappa shape index (κ3) is 6.14. The number of likely N-dealkylation sites (N-methyl/N-ethyl adjacent to an activating group) is 1. The predicted molar refractivity (Wildman–Crippen MR) is 74.8 cm³/mol. The Morgan fingerprint density at radius 2 is 1.78 bits per heavy atom. The largest absolute Gasteiger partial charge is 0.390 e. The van der Waals surface area contributed by atoms with Crippen molar-refractivity contribution in [3.63, 3.8) is 0 Å². The molecule has 0 radical (unpaired) electrons. The van der Waals surface area contributed by atoms with Gasteiger partial charge in [0.25, 0.3) is 0 Å². The van der Waals surface area contributed by atoms with Crippen LogP contribution in [-0.2, 0) is 4.74 Å². The van der Waals surface area contributed by atoms with Crippen molar-refractivity contribution >= 4 is 0 Å². The number of nitrogens with zero attached hydrogens (tertiary/aromatic N) is 2. The van der Waals surface area contributed by atoms with E-state index in [9.17, 15) is 5.11 Å². The lowest BCUT2D eigenvalue weighted by Crippen LogP contribution is -2.44. The molecule has 0 aliphatic carbocycles. The minimum Gasteiger partial charge on any atom is -0.390 e. The zero-order valence-electron chi connectivity index (χ0n) is 12.3. The van der Waals surface area contributed by atoms with Crippen LogP contribution in [0.25, 0.3) is 0 Å². The molecule has 1 rings (SSSR count). The lowest BCUT2D eigenvalue weighted by Gasteiger charge is -2.30. The van der Waals surface area contributed by atoms with Crippen LogP contribution in [0.3, 0.4) is 0 Å². The molecular weight excluding hydrogens is 228 g/mol. The Hall–Kier alpha value is -0.160. The van der Waals surface area contributed by atoms with Crippen LogP contribution in [-0.4, -0.2) is 74.0 Å². The highest BCUT2D eigenvalue weighted by molar-refractivity contribution is 4.71. The summed E-state index contributed by atoms with van der Waals surface area (Å²) < 4.78 is 5.31. The molecule has 1 aliphatic heterocycles. The number of β-amino-alcohol motifs (C(OH)–C–C–N with tert-alkyl or cyclic N) is 1. The van der Waals surface area contributed by atoms with E-state index in [2.05, 4.69) is 30.7 Å². The van der Waals surface area contributed by atoms with Crippen molar-refractivity contribution in [2.75, 3.05) is 53.0 Å². The fourth-order valence-corrected chi connectivity index (χ4v) is 2.56. The summed E-state index contributed by atoms with van der Waals surface area (Å²) >= 11 is 0. The van der Waals surface area contributed by atoms with Crippen LogP contribution in [0, 0.1) is 5.92 Å². The summed E-state index contributed by atoms with van der Waals surface area (Å²) in [6.45, 7) is 10.6. The zero-order valence-corrected chi connectivity index (χ0v) is 12.3. The van der Waals surface area contributed by atoms with Gasteiger partial charge in [-0.1, -0.05) is 26.7 Å². The normalized spacial score (nSPS) is 19.7. The average molecular weight is 258 g/mol. The first-order valence-corrected chi connectivity index (χ1v) is 7.32. The monoisotopic (exact) mass is 258 g/mol. The SMILES string of the molecule is CCC(CC)CN(C)CC(O)CN1CCOCC1. The quantitative estimate of drug-likeness (QED) is 0.706. The summed E-state index contributed by atoms with van der Waals surface area (Å²) in [5.74, 6) is 0.755. The number of hydrogen-bond donors (Lipinski definition) is 1. The third-order valence-electron chi connectivity index (χ3n) is 3.82. The summed E-state index contributed by atoms with van der Waals surface area (Å²) in [6, 6.07) is 0. The molecule has 0 amide bonds. The van der Waals surface area contributed by atoms with Crippen LogP contribution in [0.5, 0.6) is 0 Å². The van der Waals surface area contributed by atoms with Gasteiger partial charge >= 0.3 is 0 Å². The van der Waals surface area contributed by atoms with Crippen molar-refractivity contribution in [2.45, 2.75) is 32.8 Å². The van der Waals surface area contributed by atoms with Gasteiger partial charge in [-0.05, 0) is 13.0 Å². The minimum atomic E-state index is -0.248. The zero-order chi connectivity index (χ0) is 13.4. The lowest BCUT2D eigenvalue weighted by molar-refractivity contribution is 0.00779. The fourth-order valence-electron chi connectivity index (χ4n) is 2.56. The van der Waals surface area contributed by atoms with Crippen molar-refractivity contribution in [1.82, 2.24) is 9.80 Å². The van der Waals surface area contributed by atoms with E-state index in [0.717, 1.165) is 51.9 Å². The summed E-state index contributed by atoms with van der Waals surface area (Å²) in [5, 5.41) is 10.1. The highest BCUT2D eigenvalue weighted by atomic mass is 16.5. The van der Waals surface area contributed by atoms with E-state index in [1.165, 1.54) is 12.8 Å². The van der Waals surface area contributed by atoms with Crippen LogP contribution in [0.1, 0.15) is 26.7 Å². The highest BCUT2D eigenvalue weighted by Gasteiger charge is 2.17. The Bertz CT molecular complexity index is 204. The molecule has 0 spiro atoms. The number of morpholine rings is 1. The molecule has 1 saturated heterocycles. The minimum absolute atomic E-state index is 0.248. The topological polar surface area (TPSA) is 35.9 Å². The van der Waals surface area contributed by atoms with E-state index >= 15 is 0 Å². The first-order valence-electron chi connectivity index (χ1n) is 7.32. The smallest absolute Gasteiger partial charge is 0.0793 e. The van der Waals surface area contributed by atoms with E-state index in [1.807, 2.05) is 0 Å². The highest BCUT2D eigenvalue weighted by Crippen LogP contribution is 2.09. The van der Waals surface area contributed by atoms with Crippen LogP contribution in [0.2, 0.25) is 0 Å². The lowest BCUT2D eigenvalue weighted by atomic mass is 10.0. The molecule has 0 aromatic heterocycles. The van der Waals surface area contributed by atoms with Gasteiger partial charge in [0.15, 0.2) is 0 Å². The van der Waals surface area contributed by atoms with E-state index in [0.29, 0.717) is 0 Å². The maximum absolute atomic E-state index is 10.1. The Kier molecular flexibility index (Phi) is 7.82. The first kappa shape index (κ1) is 15.9. The van der Waals surface area contributed by atoms with Gasteiger partial charge in [0.2, 0.25) is 0 Å². The second kappa shape index (κ2) is 8.86. The molecule has 0 bridgehead atoms. The summed E-state index contributed by atoms with van der Waals surface area (Å²) in [7, 11) is 2.11. The first-order chi connectivity index (χ1) is 8.65. The molecular formula is C14H30N2O2. The van der Waals surface area contributed by atoms with E-state index in [4.69, 9.17) is 4.74 Å². The van der Waals surface area contributed by atoms with Gasteiger partial charge in [-0.2, -0.15) is 0 Å². The number of ether oxygens (including phenoxy) is 1. The van der Waals surface area contributed by atoms with Crippen molar-refractivity contribution in [3.05, 3.63) is 0 Å². The second-order valence-electron chi connectivity index (χ2n) is 5.47. The number of rotatable bonds is 8. The third-order valence-corrected chi connectivity index (χ3v) is 3.82. The average Bonchev–Trinajstić information content (AvgIpc) is 2.36. The van der Waals surface area contributed by atoms with Crippen LogP contribution < -0.4 is 0 Å². The molecule has 108 valence electrons. The standard InChI is InChI=1S/C14H30N2O2/c1-4-13(5-2)10-15(3)11-14(17)12-16-6-8-18-9-7-16/h13-14,17H,4-12H2,1-3H3. The second-order valence-corrected chi connectivity index (χ2v) is 5.47. The molecule has 0 saturated carbocycles. The van der Waals surface area contributed by atoms with Crippen molar-refractivity contribution in [1.29, 1.82) is 0 Å². The molecule has 4 nitrogen and oxygen atoms in total. The van der Waals surface area contributed by atoms with E-state index < -0.39 is 0 Å².